The highest BCUT2D eigenvalue weighted by molar-refractivity contribution is 7.81. The van der Waals surface area contributed by atoms with E-state index in [1.54, 1.807) is 0 Å². The Kier molecular flexibility index (Phi) is 4.64. The number of thiol groups is 1. The summed E-state index contributed by atoms with van der Waals surface area (Å²) in [5.74, 6) is 1.91. The smallest absolute Gasteiger partial charge is 0.229 e. The fourth-order valence-corrected chi connectivity index (χ4v) is 2.17. The highest BCUT2D eigenvalue weighted by atomic mass is 32.1. The van der Waals surface area contributed by atoms with Crippen LogP contribution < -0.4 is 5.32 Å². The molecule has 1 aliphatic carbocycles. The Bertz CT molecular complexity index is 172. The van der Waals surface area contributed by atoms with Gasteiger partial charge in [0.25, 0.3) is 0 Å². The van der Waals surface area contributed by atoms with Crippen molar-refractivity contribution in [2.75, 3.05) is 12.3 Å². The summed E-state index contributed by atoms with van der Waals surface area (Å²) in [4.78, 5) is 10.9. The lowest BCUT2D eigenvalue weighted by Crippen LogP contribution is -2.32. The predicted octanol–water partition coefficient (Wildman–Crippen LogP) is 1.86. The van der Waals surface area contributed by atoms with E-state index in [1.165, 1.54) is 25.7 Å². The van der Waals surface area contributed by atoms with Crippen LogP contribution in [-0.4, -0.2) is 18.2 Å². The van der Waals surface area contributed by atoms with Gasteiger partial charge in [0.05, 0.1) is 5.75 Å². The molecule has 2 nitrogen and oxygen atoms in total. The van der Waals surface area contributed by atoms with Crippen molar-refractivity contribution in [3.05, 3.63) is 0 Å². The molecule has 0 heterocycles. The molecule has 0 radical (unpaired) electrons. The summed E-state index contributed by atoms with van der Waals surface area (Å²) in [7, 11) is 0. The van der Waals surface area contributed by atoms with E-state index in [2.05, 4.69) is 24.9 Å². The number of hydrogen-bond donors (Lipinski definition) is 2. The molecule has 1 amide bonds. The highest BCUT2D eigenvalue weighted by Gasteiger charge is 2.18. The van der Waals surface area contributed by atoms with Crippen LogP contribution in [0.5, 0.6) is 0 Å². The molecule has 1 rings (SSSR count). The molecule has 1 fully saturated rings. The molecule has 0 saturated heterocycles. The van der Waals surface area contributed by atoms with Gasteiger partial charge in [0.15, 0.2) is 0 Å². The molecule has 13 heavy (non-hydrogen) atoms. The zero-order valence-corrected chi connectivity index (χ0v) is 9.15. The number of amides is 1. The van der Waals surface area contributed by atoms with Crippen LogP contribution in [0.25, 0.3) is 0 Å². The fraction of sp³-hybridized carbons (Fsp3) is 0.900. The minimum absolute atomic E-state index is 0.0570. The highest BCUT2D eigenvalue weighted by Crippen LogP contribution is 2.27. The minimum Gasteiger partial charge on any atom is -0.355 e. The van der Waals surface area contributed by atoms with E-state index in [9.17, 15) is 4.79 Å². The van der Waals surface area contributed by atoms with Crippen LogP contribution >= 0.6 is 12.6 Å². The second-order valence-electron chi connectivity index (χ2n) is 4.10. The molecule has 1 saturated carbocycles. The van der Waals surface area contributed by atoms with E-state index in [0.717, 1.165) is 12.5 Å². The maximum Gasteiger partial charge on any atom is 0.229 e. The van der Waals surface area contributed by atoms with Crippen molar-refractivity contribution < 1.29 is 4.79 Å². The van der Waals surface area contributed by atoms with Crippen molar-refractivity contribution in [1.82, 2.24) is 5.32 Å². The summed E-state index contributed by atoms with van der Waals surface area (Å²) in [6.07, 6.45) is 5.23. The molecule has 76 valence electrons. The third kappa shape index (κ3) is 4.03. The van der Waals surface area contributed by atoms with Crippen molar-refractivity contribution in [3.8, 4) is 0 Å². The summed E-state index contributed by atoms with van der Waals surface area (Å²) < 4.78 is 0. The standard InChI is InChI=1S/C10H19NOS/c1-8-3-2-4-9(5-8)6-11-10(12)7-13/h8-9,13H,2-7H2,1H3,(H,11,12). The van der Waals surface area contributed by atoms with E-state index in [0.29, 0.717) is 11.7 Å². The quantitative estimate of drug-likeness (QED) is 0.671. The van der Waals surface area contributed by atoms with Crippen LogP contribution in [0.2, 0.25) is 0 Å². The van der Waals surface area contributed by atoms with Crippen molar-refractivity contribution in [2.45, 2.75) is 32.6 Å². The number of carbonyl (C=O) groups is 1. The van der Waals surface area contributed by atoms with Gasteiger partial charge >= 0.3 is 0 Å². The van der Waals surface area contributed by atoms with Crippen LogP contribution in [0.4, 0.5) is 0 Å². The fourth-order valence-electron chi connectivity index (χ4n) is 2.06. The summed E-state index contributed by atoms with van der Waals surface area (Å²) in [6.45, 7) is 3.15. The number of carbonyl (C=O) groups excluding carboxylic acids is 1. The largest absolute Gasteiger partial charge is 0.355 e. The first-order valence-electron chi connectivity index (χ1n) is 5.10. The van der Waals surface area contributed by atoms with Gasteiger partial charge in [0.1, 0.15) is 0 Å². The lowest BCUT2D eigenvalue weighted by molar-refractivity contribution is -0.118. The molecule has 0 bridgehead atoms. The summed E-state index contributed by atoms with van der Waals surface area (Å²) >= 11 is 3.92. The average Bonchev–Trinajstić information content (AvgIpc) is 2.14. The maximum atomic E-state index is 10.9. The van der Waals surface area contributed by atoms with Gasteiger partial charge in [-0.1, -0.05) is 19.8 Å². The van der Waals surface area contributed by atoms with Gasteiger partial charge in [-0.2, -0.15) is 12.6 Å². The predicted molar refractivity (Wildman–Crippen MR) is 58.0 cm³/mol. The van der Waals surface area contributed by atoms with Crippen LogP contribution in [0.1, 0.15) is 32.6 Å². The molecular weight excluding hydrogens is 182 g/mol. The van der Waals surface area contributed by atoms with Crippen LogP contribution in [0.3, 0.4) is 0 Å². The van der Waals surface area contributed by atoms with Crippen LogP contribution in [-0.2, 0) is 4.79 Å². The monoisotopic (exact) mass is 201 g/mol. The molecule has 2 atom stereocenters. The normalized spacial score (nSPS) is 28.5. The first-order chi connectivity index (χ1) is 6.22. The van der Waals surface area contributed by atoms with E-state index in [4.69, 9.17) is 0 Å². The Hall–Kier alpha value is -0.180. The zero-order valence-electron chi connectivity index (χ0n) is 8.25. The first-order valence-corrected chi connectivity index (χ1v) is 5.73. The SMILES string of the molecule is CC1CCCC(CNC(=O)CS)C1. The topological polar surface area (TPSA) is 29.1 Å². The molecule has 2 unspecified atom stereocenters. The summed E-state index contributed by atoms with van der Waals surface area (Å²) in [6, 6.07) is 0. The molecule has 3 heteroatoms. The van der Waals surface area contributed by atoms with Crippen LogP contribution in [0, 0.1) is 11.8 Å². The van der Waals surface area contributed by atoms with Crippen molar-refractivity contribution in [2.24, 2.45) is 11.8 Å². The van der Waals surface area contributed by atoms with Gasteiger partial charge in [-0.15, -0.1) is 0 Å². The number of nitrogens with one attached hydrogen (secondary N) is 1. The summed E-state index contributed by atoms with van der Waals surface area (Å²) in [5.41, 5.74) is 0. The second-order valence-corrected chi connectivity index (χ2v) is 4.42. The molecule has 0 aliphatic heterocycles. The van der Waals surface area contributed by atoms with Gasteiger partial charge in [-0.05, 0) is 24.7 Å². The van der Waals surface area contributed by atoms with Gasteiger partial charge in [0, 0.05) is 6.54 Å². The number of hydrogen-bond acceptors (Lipinski definition) is 2. The van der Waals surface area contributed by atoms with E-state index >= 15 is 0 Å². The molecule has 0 aromatic rings. The van der Waals surface area contributed by atoms with E-state index in [1.807, 2.05) is 0 Å². The lowest BCUT2D eigenvalue weighted by atomic mass is 9.82. The Morgan fingerprint density at radius 1 is 1.54 bits per heavy atom. The molecule has 0 spiro atoms. The van der Waals surface area contributed by atoms with Crippen molar-refractivity contribution >= 4 is 18.5 Å². The average molecular weight is 201 g/mol. The van der Waals surface area contributed by atoms with E-state index in [-0.39, 0.29) is 5.91 Å². The zero-order chi connectivity index (χ0) is 9.68. The Labute approximate surface area is 85.9 Å². The molecule has 1 N–H and O–H groups in total. The van der Waals surface area contributed by atoms with Gasteiger partial charge in [-0.3, -0.25) is 4.79 Å². The third-order valence-corrected chi connectivity index (χ3v) is 3.06. The van der Waals surface area contributed by atoms with Crippen molar-refractivity contribution in [1.29, 1.82) is 0 Å². The second kappa shape index (κ2) is 5.53. The van der Waals surface area contributed by atoms with E-state index < -0.39 is 0 Å². The lowest BCUT2D eigenvalue weighted by Gasteiger charge is -2.26. The number of rotatable bonds is 3. The minimum atomic E-state index is 0.0570. The van der Waals surface area contributed by atoms with Crippen LogP contribution in [0.15, 0.2) is 0 Å². The third-order valence-electron chi connectivity index (χ3n) is 2.78. The molecule has 0 aromatic heterocycles. The molecular formula is C10H19NOS. The van der Waals surface area contributed by atoms with Gasteiger partial charge < -0.3 is 5.32 Å². The summed E-state index contributed by atoms with van der Waals surface area (Å²) in [5, 5.41) is 2.91. The molecule has 1 aliphatic rings. The first kappa shape index (κ1) is 10.9. The Morgan fingerprint density at radius 2 is 2.31 bits per heavy atom. The Balaban J connectivity index is 2.17. The van der Waals surface area contributed by atoms with Gasteiger partial charge in [0.2, 0.25) is 5.91 Å². The van der Waals surface area contributed by atoms with Crippen molar-refractivity contribution in [3.63, 3.8) is 0 Å². The van der Waals surface area contributed by atoms with Gasteiger partial charge in [-0.25, -0.2) is 0 Å². The maximum absolute atomic E-state index is 10.9. The molecule has 0 aromatic carbocycles. The Morgan fingerprint density at radius 3 is 2.92 bits per heavy atom.